The van der Waals surface area contributed by atoms with Crippen molar-refractivity contribution in [3.8, 4) is 5.75 Å². The Labute approximate surface area is 116 Å². The predicted molar refractivity (Wildman–Crippen MR) is 81.0 cm³/mol. The molecule has 0 saturated heterocycles. The van der Waals surface area contributed by atoms with Crippen LogP contribution in [-0.4, -0.2) is 12.9 Å². The highest BCUT2D eigenvalue weighted by atomic mass is 16.5. The molecule has 0 fully saturated rings. The Morgan fingerprint density at radius 1 is 1.26 bits per heavy atom. The van der Waals surface area contributed by atoms with Crippen LogP contribution in [0, 0.1) is 11.3 Å². The van der Waals surface area contributed by atoms with E-state index in [1.165, 1.54) is 12.0 Å². The Morgan fingerprint density at radius 2 is 1.89 bits per heavy atom. The van der Waals surface area contributed by atoms with Crippen molar-refractivity contribution in [1.82, 2.24) is 0 Å². The van der Waals surface area contributed by atoms with Crippen LogP contribution in [-0.2, 0) is 0 Å². The van der Waals surface area contributed by atoms with Crippen molar-refractivity contribution in [3.63, 3.8) is 0 Å². The van der Waals surface area contributed by atoms with E-state index in [1.807, 2.05) is 12.1 Å². The zero-order valence-electron chi connectivity index (χ0n) is 12.3. The first-order valence-corrected chi connectivity index (χ1v) is 6.99. The highest BCUT2D eigenvalue weighted by molar-refractivity contribution is 5.76. The second-order valence-electron chi connectivity index (χ2n) is 5.52. The molecule has 19 heavy (non-hydrogen) atoms. The predicted octanol–water partition coefficient (Wildman–Crippen LogP) is 3.93. The Bertz CT molecular complexity index is 384. The number of rotatable bonds is 8. The van der Waals surface area contributed by atoms with Crippen LogP contribution in [0.3, 0.4) is 0 Å². The van der Waals surface area contributed by atoms with Crippen LogP contribution < -0.4 is 10.5 Å². The van der Waals surface area contributed by atoms with Gasteiger partial charge in [-0.2, -0.15) is 0 Å². The van der Waals surface area contributed by atoms with Crippen molar-refractivity contribution in [3.05, 3.63) is 29.8 Å². The van der Waals surface area contributed by atoms with Crippen LogP contribution >= 0.6 is 0 Å². The fourth-order valence-electron chi connectivity index (χ4n) is 2.40. The summed E-state index contributed by atoms with van der Waals surface area (Å²) in [6, 6.07) is 8.35. The standard InChI is InChI=1S/C16H26N2O/c1-12(2)11-14(5-4-6-16(17)18)13-7-9-15(19-3)10-8-13/h7-10,12,14H,4-6,11H2,1-3H3,(H3,17,18). The molecule has 0 saturated carbocycles. The van der Waals surface area contributed by atoms with E-state index < -0.39 is 0 Å². The van der Waals surface area contributed by atoms with E-state index in [2.05, 4.69) is 26.0 Å². The summed E-state index contributed by atoms with van der Waals surface area (Å²) in [6.07, 6.45) is 3.94. The highest BCUT2D eigenvalue weighted by Gasteiger charge is 2.13. The zero-order chi connectivity index (χ0) is 14.3. The molecule has 0 amide bonds. The van der Waals surface area contributed by atoms with Crippen LogP contribution in [0.1, 0.15) is 51.0 Å². The Kier molecular flexibility index (Phi) is 6.40. The fourth-order valence-corrected chi connectivity index (χ4v) is 2.40. The summed E-state index contributed by atoms with van der Waals surface area (Å²) in [6.45, 7) is 4.50. The molecule has 0 aliphatic carbocycles. The normalized spacial score (nSPS) is 12.4. The minimum atomic E-state index is 0.290. The number of nitrogens with two attached hydrogens (primary N) is 1. The summed E-state index contributed by atoms with van der Waals surface area (Å²) >= 11 is 0. The van der Waals surface area contributed by atoms with Crippen LogP contribution in [0.5, 0.6) is 5.75 Å². The van der Waals surface area contributed by atoms with Gasteiger partial charge in [-0.05, 0) is 48.8 Å². The van der Waals surface area contributed by atoms with Crippen molar-refractivity contribution >= 4 is 5.84 Å². The summed E-state index contributed by atoms with van der Waals surface area (Å²) in [5.41, 5.74) is 6.78. The number of hydrogen-bond donors (Lipinski definition) is 2. The first kappa shape index (κ1) is 15.5. The zero-order valence-corrected chi connectivity index (χ0v) is 12.3. The monoisotopic (exact) mass is 262 g/mol. The minimum absolute atomic E-state index is 0.290. The third-order valence-electron chi connectivity index (χ3n) is 3.34. The molecular weight excluding hydrogens is 236 g/mol. The van der Waals surface area contributed by atoms with E-state index in [1.54, 1.807) is 7.11 Å². The number of hydrogen-bond acceptors (Lipinski definition) is 2. The maximum absolute atomic E-state index is 7.30. The van der Waals surface area contributed by atoms with Gasteiger partial charge in [0.05, 0.1) is 12.9 Å². The van der Waals surface area contributed by atoms with E-state index in [-0.39, 0.29) is 5.84 Å². The number of benzene rings is 1. The molecule has 1 unspecified atom stereocenters. The minimum Gasteiger partial charge on any atom is -0.497 e. The molecule has 106 valence electrons. The maximum Gasteiger partial charge on any atom is 0.118 e. The van der Waals surface area contributed by atoms with Crippen molar-refractivity contribution < 1.29 is 4.74 Å². The first-order chi connectivity index (χ1) is 9.02. The first-order valence-electron chi connectivity index (χ1n) is 6.99. The van der Waals surface area contributed by atoms with E-state index in [9.17, 15) is 0 Å². The summed E-state index contributed by atoms with van der Waals surface area (Å²) in [5.74, 6) is 2.41. The van der Waals surface area contributed by atoms with Gasteiger partial charge in [-0.15, -0.1) is 0 Å². The Balaban J connectivity index is 2.68. The summed E-state index contributed by atoms with van der Waals surface area (Å²) in [4.78, 5) is 0. The maximum atomic E-state index is 7.30. The van der Waals surface area contributed by atoms with Gasteiger partial charge in [-0.25, -0.2) is 0 Å². The lowest BCUT2D eigenvalue weighted by Crippen LogP contribution is -2.10. The SMILES string of the molecule is COc1ccc(C(CCCC(=N)N)CC(C)C)cc1. The van der Waals surface area contributed by atoms with E-state index in [4.69, 9.17) is 15.9 Å². The average Bonchev–Trinajstić information content (AvgIpc) is 2.37. The quantitative estimate of drug-likeness (QED) is 0.551. The molecule has 0 heterocycles. The van der Waals surface area contributed by atoms with Crippen LogP contribution in [0.15, 0.2) is 24.3 Å². The molecule has 1 aromatic carbocycles. The molecule has 3 heteroatoms. The van der Waals surface area contributed by atoms with Gasteiger partial charge >= 0.3 is 0 Å². The van der Waals surface area contributed by atoms with Gasteiger partial charge in [0.25, 0.3) is 0 Å². The fraction of sp³-hybridized carbons (Fsp3) is 0.562. The van der Waals surface area contributed by atoms with Gasteiger partial charge in [0.2, 0.25) is 0 Å². The largest absolute Gasteiger partial charge is 0.497 e. The molecule has 0 aliphatic rings. The number of ether oxygens (including phenoxy) is 1. The van der Waals surface area contributed by atoms with Crippen molar-refractivity contribution in [2.24, 2.45) is 11.7 Å². The number of nitrogens with one attached hydrogen (secondary N) is 1. The average molecular weight is 262 g/mol. The highest BCUT2D eigenvalue weighted by Crippen LogP contribution is 2.30. The van der Waals surface area contributed by atoms with E-state index in [0.29, 0.717) is 18.3 Å². The van der Waals surface area contributed by atoms with Crippen molar-refractivity contribution in [2.75, 3.05) is 7.11 Å². The molecule has 0 spiro atoms. The lowest BCUT2D eigenvalue weighted by Gasteiger charge is -2.19. The molecule has 0 radical (unpaired) electrons. The third-order valence-corrected chi connectivity index (χ3v) is 3.34. The van der Waals surface area contributed by atoms with E-state index in [0.717, 1.165) is 18.6 Å². The molecule has 1 rings (SSSR count). The lowest BCUT2D eigenvalue weighted by molar-refractivity contribution is 0.414. The molecule has 1 aromatic rings. The van der Waals surface area contributed by atoms with Crippen LogP contribution in [0.2, 0.25) is 0 Å². The summed E-state index contributed by atoms with van der Waals surface area (Å²) in [5, 5.41) is 7.30. The second-order valence-corrected chi connectivity index (χ2v) is 5.52. The Morgan fingerprint density at radius 3 is 2.37 bits per heavy atom. The number of amidine groups is 1. The van der Waals surface area contributed by atoms with Crippen LogP contribution in [0.4, 0.5) is 0 Å². The molecule has 1 atom stereocenters. The molecule has 3 nitrogen and oxygen atoms in total. The van der Waals surface area contributed by atoms with Gasteiger partial charge in [0.1, 0.15) is 5.75 Å². The second kappa shape index (κ2) is 7.82. The topological polar surface area (TPSA) is 59.1 Å². The molecule has 3 N–H and O–H groups in total. The smallest absolute Gasteiger partial charge is 0.118 e. The van der Waals surface area contributed by atoms with Gasteiger partial charge in [-0.3, -0.25) is 5.41 Å². The van der Waals surface area contributed by atoms with Gasteiger partial charge in [-0.1, -0.05) is 26.0 Å². The third kappa shape index (κ3) is 5.77. The molecule has 0 aromatic heterocycles. The van der Waals surface area contributed by atoms with Crippen molar-refractivity contribution in [1.29, 1.82) is 5.41 Å². The molecular formula is C16H26N2O. The Hall–Kier alpha value is -1.51. The van der Waals surface area contributed by atoms with Gasteiger partial charge < -0.3 is 10.5 Å². The van der Waals surface area contributed by atoms with Crippen LogP contribution in [0.25, 0.3) is 0 Å². The lowest BCUT2D eigenvalue weighted by atomic mass is 9.86. The van der Waals surface area contributed by atoms with Gasteiger partial charge in [0.15, 0.2) is 0 Å². The van der Waals surface area contributed by atoms with Crippen molar-refractivity contribution in [2.45, 2.75) is 45.4 Å². The van der Waals surface area contributed by atoms with Gasteiger partial charge in [0, 0.05) is 6.42 Å². The van der Waals surface area contributed by atoms with E-state index >= 15 is 0 Å². The summed E-state index contributed by atoms with van der Waals surface area (Å²) in [7, 11) is 1.69. The summed E-state index contributed by atoms with van der Waals surface area (Å²) < 4.78 is 5.20. The molecule has 0 bridgehead atoms. The molecule has 0 aliphatic heterocycles. The number of methoxy groups -OCH3 is 1.